The molecule has 1 N–H and O–H groups in total. The van der Waals surface area contributed by atoms with E-state index in [-0.39, 0.29) is 11.5 Å². The predicted octanol–water partition coefficient (Wildman–Crippen LogP) is 4.13. The Morgan fingerprint density at radius 2 is 1.73 bits per heavy atom. The lowest BCUT2D eigenvalue weighted by atomic mass is 9.88. The number of amides is 1. The summed E-state index contributed by atoms with van der Waals surface area (Å²) in [6.07, 6.45) is 0. The molecule has 0 aromatic heterocycles. The van der Waals surface area contributed by atoms with E-state index in [0.717, 1.165) is 11.6 Å². The highest BCUT2D eigenvalue weighted by Gasteiger charge is 2.19. The number of rotatable bonds is 5. The van der Waals surface area contributed by atoms with Crippen LogP contribution in [0.2, 0.25) is 0 Å². The standard InChI is InChI=1S/C18H19F2NO/c1-12(2)15(13-7-4-3-5-8-13)11-21-18(22)14-9-6-10-16(19)17(14)20/h3-10,12,15H,11H2,1-2H3,(H,21,22). The van der Waals surface area contributed by atoms with Gasteiger partial charge in [-0.25, -0.2) is 8.78 Å². The van der Waals surface area contributed by atoms with Crippen molar-refractivity contribution < 1.29 is 13.6 Å². The number of halogens is 2. The maximum atomic E-state index is 13.6. The SMILES string of the molecule is CC(C)C(CNC(=O)c1cccc(F)c1F)c1ccccc1. The molecule has 1 amide bonds. The van der Waals surface area contributed by atoms with Gasteiger partial charge in [-0.2, -0.15) is 0 Å². The molecule has 0 bridgehead atoms. The van der Waals surface area contributed by atoms with E-state index in [2.05, 4.69) is 19.2 Å². The minimum Gasteiger partial charge on any atom is -0.351 e. The highest BCUT2D eigenvalue weighted by Crippen LogP contribution is 2.23. The normalized spacial score (nSPS) is 12.2. The summed E-state index contributed by atoms with van der Waals surface area (Å²) in [5.41, 5.74) is 0.841. The average Bonchev–Trinajstić information content (AvgIpc) is 2.50. The molecule has 0 radical (unpaired) electrons. The summed E-state index contributed by atoms with van der Waals surface area (Å²) in [7, 11) is 0. The molecule has 4 heteroatoms. The van der Waals surface area contributed by atoms with Crippen molar-refractivity contribution in [3.05, 3.63) is 71.3 Å². The quantitative estimate of drug-likeness (QED) is 0.884. The van der Waals surface area contributed by atoms with Crippen molar-refractivity contribution >= 4 is 5.91 Å². The molecule has 2 rings (SSSR count). The fraction of sp³-hybridized carbons (Fsp3) is 0.278. The summed E-state index contributed by atoms with van der Waals surface area (Å²) in [6, 6.07) is 13.4. The van der Waals surface area contributed by atoms with Crippen molar-refractivity contribution in [2.45, 2.75) is 19.8 Å². The molecule has 0 spiro atoms. The van der Waals surface area contributed by atoms with E-state index in [0.29, 0.717) is 12.5 Å². The van der Waals surface area contributed by atoms with Crippen molar-refractivity contribution in [2.75, 3.05) is 6.54 Å². The van der Waals surface area contributed by atoms with Crippen LogP contribution >= 0.6 is 0 Å². The Balaban J connectivity index is 2.10. The largest absolute Gasteiger partial charge is 0.351 e. The second-order valence-corrected chi connectivity index (χ2v) is 5.57. The van der Waals surface area contributed by atoms with Gasteiger partial charge in [0.25, 0.3) is 5.91 Å². The van der Waals surface area contributed by atoms with Crippen LogP contribution in [0.15, 0.2) is 48.5 Å². The monoisotopic (exact) mass is 303 g/mol. The molecule has 0 aliphatic rings. The minimum atomic E-state index is -1.11. The first-order valence-corrected chi connectivity index (χ1v) is 7.28. The Morgan fingerprint density at radius 3 is 2.36 bits per heavy atom. The van der Waals surface area contributed by atoms with Crippen molar-refractivity contribution in [2.24, 2.45) is 5.92 Å². The lowest BCUT2D eigenvalue weighted by molar-refractivity contribution is 0.0944. The number of hydrogen-bond donors (Lipinski definition) is 1. The van der Waals surface area contributed by atoms with E-state index in [4.69, 9.17) is 0 Å². The molecule has 2 aromatic carbocycles. The van der Waals surface area contributed by atoms with Gasteiger partial charge in [-0.1, -0.05) is 50.2 Å². The van der Waals surface area contributed by atoms with E-state index in [1.54, 1.807) is 0 Å². The van der Waals surface area contributed by atoms with Crippen LogP contribution in [0.3, 0.4) is 0 Å². The van der Waals surface area contributed by atoms with Gasteiger partial charge in [-0.15, -0.1) is 0 Å². The van der Waals surface area contributed by atoms with Gasteiger partial charge in [0.05, 0.1) is 5.56 Å². The maximum absolute atomic E-state index is 13.6. The number of carbonyl (C=O) groups excluding carboxylic acids is 1. The van der Waals surface area contributed by atoms with Crippen LogP contribution in [0.1, 0.15) is 35.7 Å². The van der Waals surface area contributed by atoms with Crippen LogP contribution < -0.4 is 5.32 Å². The average molecular weight is 303 g/mol. The highest BCUT2D eigenvalue weighted by atomic mass is 19.2. The van der Waals surface area contributed by atoms with Crippen LogP contribution in [0.5, 0.6) is 0 Å². The Morgan fingerprint density at radius 1 is 1.05 bits per heavy atom. The Bertz CT molecular complexity index is 641. The van der Waals surface area contributed by atoms with Crippen molar-refractivity contribution in [1.82, 2.24) is 5.32 Å². The number of benzene rings is 2. The molecular weight excluding hydrogens is 284 g/mol. The molecule has 116 valence electrons. The third kappa shape index (κ3) is 3.70. The minimum absolute atomic E-state index is 0.113. The van der Waals surface area contributed by atoms with Gasteiger partial charge in [-0.05, 0) is 23.6 Å². The van der Waals surface area contributed by atoms with E-state index < -0.39 is 17.5 Å². The maximum Gasteiger partial charge on any atom is 0.254 e. The Hall–Kier alpha value is -2.23. The predicted molar refractivity (Wildman–Crippen MR) is 82.7 cm³/mol. The van der Waals surface area contributed by atoms with Crippen LogP contribution in [0.25, 0.3) is 0 Å². The second-order valence-electron chi connectivity index (χ2n) is 5.57. The molecule has 1 unspecified atom stereocenters. The summed E-state index contributed by atoms with van der Waals surface area (Å²) >= 11 is 0. The van der Waals surface area contributed by atoms with Gasteiger partial charge in [0.2, 0.25) is 0 Å². The van der Waals surface area contributed by atoms with E-state index >= 15 is 0 Å². The fourth-order valence-electron chi connectivity index (χ4n) is 2.42. The smallest absolute Gasteiger partial charge is 0.254 e. The molecule has 22 heavy (non-hydrogen) atoms. The summed E-state index contributed by atoms with van der Waals surface area (Å²) in [4.78, 5) is 12.1. The van der Waals surface area contributed by atoms with Crippen LogP contribution in [-0.2, 0) is 0 Å². The molecule has 2 aromatic rings. The molecular formula is C18H19F2NO. The summed E-state index contributed by atoms with van der Waals surface area (Å²) in [5.74, 6) is -2.31. The Labute approximate surface area is 129 Å². The first kappa shape index (κ1) is 16.1. The molecule has 0 aliphatic carbocycles. The summed E-state index contributed by atoms with van der Waals surface area (Å²) in [5, 5.41) is 2.70. The highest BCUT2D eigenvalue weighted by molar-refractivity contribution is 5.94. The zero-order valence-electron chi connectivity index (χ0n) is 12.6. The number of hydrogen-bond acceptors (Lipinski definition) is 1. The first-order valence-electron chi connectivity index (χ1n) is 7.28. The zero-order valence-corrected chi connectivity index (χ0v) is 12.6. The van der Waals surface area contributed by atoms with Crippen molar-refractivity contribution in [3.63, 3.8) is 0 Å². The van der Waals surface area contributed by atoms with Gasteiger partial charge in [0, 0.05) is 12.5 Å². The van der Waals surface area contributed by atoms with Gasteiger partial charge in [0.1, 0.15) is 0 Å². The van der Waals surface area contributed by atoms with Gasteiger partial charge >= 0.3 is 0 Å². The van der Waals surface area contributed by atoms with E-state index in [1.807, 2.05) is 30.3 Å². The molecule has 0 saturated carbocycles. The Kier molecular flexibility index (Phi) is 5.26. The third-order valence-corrected chi connectivity index (χ3v) is 3.71. The van der Waals surface area contributed by atoms with Crippen LogP contribution in [0, 0.1) is 17.6 Å². The van der Waals surface area contributed by atoms with Crippen molar-refractivity contribution in [3.8, 4) is 0 Å². The molecule has 0 fully saturated rings. The van der Waals surface area contributed by atoms with E-state index in [1.165, 1.54) is 12.1 Å². The lowest BCUT2D eigenvalue weighted by Crippen LogP contribution is -2.31. The third-order valence-electron chi connectivity index (χ3n) is 3.71. The topological polar surface area (TPSA) is 29.1 Å². The van der Waals surface area contributed by atoms with Gasteiger partial charge < -0.3 is 5.32 Å². The number of nitrogens with one attached hydrogen (secondary N) is 1. The van der Waals surface area contributed by atoms with Crippen LogP contribution in [-0.4, -0.2) is 12.5 Å². The van der Waals surface area contributed by atoms with Gasteiger partial charge in [-0.3, -0.25) is 4.79 Å². The summed E-state index contributed by atoms with van der Waals surface area (Å²) in [6.45, 7) is 4.50. The van der Waals surface area contributed by atoms with Crippen LogP contribution in [0.4, 0.5) is 8.78 Å². The second kappa shape index (κ2) is 7.16. The zero-order chi connectivity index (χ0) is 16.1. The molecule has 0 aliphatic heterocycles. The number of carbonyl (C=O) groups is 1. The fourth-order valence-corrected chi connectivity index (χ4v) is 2.42. The molecule has 0 saturated heterocycles. The van der Waals surface area contributed by atoms with E-state index in [9.17, 15) is 13.6 Å². The first-order chi connectivity index (χ1) is 10.5. The molecule has 0 heterocycles. The van der Waals surface area contributed by atoms with Gasteiger partial charge in [0.15, 0.2) is 11.6 Å². The summed E-state index contributed by atoms with van der Waals surface area (Å²) < 4.78 is 26.8. The van der Waals surface area contributed by atoms with Crippen molar-refractivity contribution in [1.29, 1.82) is 0 Å². The lowest BCUT2D eigenvalue weighted by Gasteiger charge is -2.22. The molecule has 1 atom stereocenters. The molecule has 2 nitrogen and oxygen atoms in total.